The number of nitrogens with zero attached hydrogens (tertiary/aromatic N) is 3. The third kappa shape index (κ3) is 3.85. The van der Waals surface area contributed by atoms with E-state index in [0.29, 0.717) is 24.8 Å². The zero-order valence-corrected chi connectivity index (χ0v) is 17.7. The number of amides is 1. The van der Waals surface area contributed by atoms with Gasteiger partial charge in [0.1, 0.15) is 5.69 Å². The fourth-order valence-electron chi connectivity index (χ4n) is 3.58. The van der Waals surface area contributed by atoms with Crippen LogP contribution in [0.2, 0.25) is 0 Å². The normalized spacial score (nSPS) is 14.7. The number of halogens is 1. The molecule has 2 aromatic heterocycles. The van der Waals surface area contributed by atoms with Crippen LogP contribution in [0.15, 0.2) is 47.1 Å². The lowest BCUT2D eigenvalue weighted by Crippen LogP contribution is -2.49. The molecule has 1 aliphatic rings. The van der Waals surface area contributed by atoms with Gasteiger partial charge in [0.15, 0.2) is 5.82 Å². The maximum absolute atomic E-state index is 12.9. The van der Waals surface area contributed by atoms with Gasteiger partial charge >= 0.3 is 0 Å². The number of rotatable bonds is 4. The molecular weight excluding hydrogens is 418 g/mol. The van der Waals surface area contributed by atoms with Crippen LogP contribution < -0.4 is 10.2 Å². The number of fused-ring (bicyclic) bond motifs is 1. The number of H-pyrrole nitrogens is 1. The van der Waals surface area contributed by atoms with Gasteiger partial charge in [-0.2, -0.15) is 0 Å². The molecule has 1 aromatic carbocycles. The van der Waals surface area contributed by atoms with Crippen molar-refractivity contribution in [3.8, 4) is 0 Å². The Balaban J connectivity index is 1.46. The third-order valence-electron chi connectivity index (χ3n) is 4.91. The summed E-state index contributed by atoms with van der Waals surface area (Å²) in [6.45, 7) is 7.12. The summed E-state index contributed by atoms with van der Waals surface area (Å²) in [6, 6.07) is 12.3. The van der Waals surface area contributed by atoms with Crippen molar-refractivity contribution in [3.05, 3.63) is 52.8 Å². The molecule has 0 unspecified atom stereocenters. The molecule has 0 radical (unpaired) electrons. The highest BCUT2D eigenvalue weighted by Crippen LogP contribution is 2.25. The van der Waals surface area contributed by atoms with E-state index in [1.165, 1.54) is 0 Å². The highest BCUT2D eigenvalue weighted by molar-refractivity contribution is 9.10. The Labute approximate surface area is 173 Å². The van der Waals surface area contributed by atoms with E-state index in [9.17, 15) is 4.79 Å². The number of hydrogen-bond acceptors (Lipinski definition) is 4. The Kier molecular flexibility index (Phi) is 5.26. The van der Waals surface area contributed by atoms with Crippen molar-refractivity contribution in [2.45, 2.75) is 19.9 Å². The molecule has 4 rings (SSSR count). The standard InChI is InChI=1S/C21H24BrN5O/c1-14(2)24-18-4-3-7-23-20(18)26-8-10-27(11-9-26)21(28)19-13-15-12-16(22)5-6-17(15)25-19/h3-7,12-14,24-25H,8-11H2,1-2H3. The van der Waals surface area contributed by atoms with Gasteiger partial charge in [0.05, 0.1) is 5.69 Å². The second-order valence-corrected chi connectivity index (χ2v) is 8.28. The molecule has 7 heteroatoms. The van der Waals surface area contributed by atoms with Gasteiger partial charge in [-0.15, -0.1) is 0 Å². The van der Waals surface area contributed by atoms with Crippen LogP contribution in [-0.2, 0) is 0 Å². The Morgan fingerprint density at radius 2 is 1.96 bits per heavy atom. The number of aromatic nitrogens is 2. The summed E-state index contributed by atoms with van der Waals surface area (Å²) < 4.78 is 1.01. The summed E-state index contributed by atoms with van der Waals surface area (Å²) in [5.41, 5.74) is 2.66. The van der Waals surface area contributed by atoms with Crippen LogP contribution in [0.5, 0.6) is 0 Å². The van der Waals surface area contributed by atoms with Gasteiger partial charge in [0.2, 0.25) is 0 Å². The van der Waals surface area contributed by atoms with Crippen molar-refractivity contribution >= 4 is 44.2 Å². The average Bonchev–Trinajstić information content (AvgIpc) is 3.11. The lowest BCUT2D eigenvalue weighted by Gasteiger charge is -2.36. The maximum atomic E-state index is 12.9. The van der Waals surface area contributed by atoms with E-state index in [0.717, 1.165) is 40.0 Å². The number of carbonyl (C=O) groups excluding carboxylic acids is 1. The number of aromatic amines is 1. The topological polar surface area (TPSA) is 64.3 Å². The molecule has 146 valence electrons. The molecule has 3 heterocycles. The highest BCUT2D eigenvalue weighted by atomic mass is 79.9. The summed E-state index contributed by atoms with van der Waals surface area (Å²) in [5.74, 6) is 1.01. The lowest BCUT2D eigenvalue weighted by molar-refractivity contribution is 0.0741. The fourth-order valence-corrected chi connectivity index (χ4v) is 3.96. The van der Waals surface area contributed by atoms with Gasteiger partial charge in [-0.1, -0.05) is 15.9 Å². The summed E-state index contributed by atoms with van der Waals surface area (Å²) in [5, 5.41) is 4.49. The van der Waals surface area contributed by atoms with Crippen molar-refractivity contribution in [1.82, 2.24) is 14.9 Å². The highest BCUT2D eigenvalue weighted by Gasteiger charge is 2.25. The van der Waals surface area contributed by atoms with Crippen molar-refractivity contribution in [2.24, 2.45) is 0 Å². The first-order valence-corrected chi connectivity index (χ1v) is 10.3. The van der Waals surface area contributed by atoms with Gasteiger partial charge in [0, 0.05) is 53.8 Å². The smallest absolute Gasteiger partial charge is 0.270 e. The fraction of sp³-hybridized carbons (Fsp3) is 0.333. The minimum Gasteiger partial charge on any atom is -0.380 e. The zero-order chi connectivity index (χ0) is 19.7. The Morgan fingerprint density at radius 1 is 1.18 bits per heavy atom. The van der Waals surface area contributed by atoms with Crippen molar-refractivity contribution in [1.29, 1.82) is 0 Å². The van der Waals surface area contributed by atoms with Crippen LogP contribution in [0, 0.1) is 0 Å². The molecule has 0 spiro atoms. The summed E-state index contributed by atoms with van der Waals surface area (Å²) >= 11 is 3.48. The number of pyridine rings is 1. The summed E-state index contributed by atoms with van der Waals surface area (Å²) in [6.07, 6.45) is 1.82. The van der Waals surface area contributed by atoms with Crippen LogP contribution >= 0.6 is 15.9 Å². The summed E-state index contributed by atoms with van der Waals surface area (Å²) in [7, 11) is 0. The molecule has 1 fully saturated rings. The Bertz CT molecular complexity index is 991. The van der Waals surface area contributed by atoms with Crippen LogP contribution in [0.25, 0.3) is 10.9 Å². The van der Waals surface area contributed by atoms with Crippen molar-refractivity contribution in [3.63, 3.8) is 0 Å². The van der Waals surface area contributed by atoms with Crippen LogP contribution in [0.3, 0.4) is 0 Å². The van der Waals surface area contributed by atoms with Gasteiger partial charge in [0.25, 0.3) is 5.91 Å². The third-order valence-corrected chi connectivity index (χ3v) is 5.40. The van der Waals surface area contributed by atoms with E-state index in [4.69, 9.17) is 0 Å². The average molecular weight is 442 g/mol. The Hall–Kier alpha value is -2.54. The molecule has 0 aliphatic carbocycles. The van der Waals surface area contributed by atoms with Crippen LogP contribution in [0.1, 0.15) is 24.3 Å². The maximum Gasteiger partial charge on any atom is 0.270 e. The van der Waals surface area contributed by atoms with Crippen LogP contribution in [-0.4, -0.2) is 53.0 Å². The SMILES string of the molecule is CC(C)Nc1cccnc1N1CCN(C(=O)c2cc3cc(Br)ccc3[nH]2)CC1. The van der Waals surface area contributed by atoms with E-state index in [2.05, 4.69) is 56.0 Å². The van der Waals surface area contributed by atoms with E-state index < -0.39 is 0 Å². The zero-order valence-electron chi connectivity index (χ0n) is 16.1. The number of piperazine rings is 1. The Morgan fingerprint density at radius 3 is 2.71 bits per heavy atom. The molecule has 0 saturated carbocycles. The number of carbonyl (C=O) groups is 1. The molecule has 1 aliphatic heterocycles. The second kappa shape index (κ2) is 7.83. The number of anilines is 2. The predicted molar refractivity (Wildman–Crippen MR) is 117 cm³/mol. The molecule has 2 N–H and O–H groups in total. The predicted octanol–water partition coefficient (Wildman–Crippen LogP) is 4.11. The van der Waals surface area contributed by atoms with Gasteiger partial charge < -0.3 is 20.1 Å². The van der Waals surface area contributed by atoms with E-state index in [1.54, 1.807) is 0 Å². The van der Waals surface area contributed by atoms with Gasteiger partial charge in [-0.05, 0) is 50.2 Å². The quantitative estimate of drug-likeness (QED) is 0.639. The number of benzene rings is 1. The minimum absolute atomic E-state index is 0.0496. The van der Waals surface area contributed by atoms with Crippen molar-refractivity contribution in [2.75, 3.05) is 36.4 Å². The van der Waals surface area contributed by atoms with Crippen LogP contribution in [0.4, 0.5) is 11.5 Å². The molecule has 6 nitrogen and oxygen atoms in total. The largest absolute Gasteiger partial charge is 0.380 e. The van der Waals surface area contributed by atoms with E-state index in [1.807, 2.05) is 41.4 Å². The number of hydrogen-bond donors (Lipinski definition) is 2. The number of nitrogens with one attached hydrogen (secondary N) is 2. The van der Waals surface area contributed by atoms with Gasteiger partial charge in [-0.25, -0.2) is 4.98 Å². The summed E-state index contributed by atoms with van der Waals surface area (Å²) in [4.78, 5) is 24.9. The monoisotopic (exact) mass is 441 g/mol. The van der Waals surface area contributed by atoms with Gasteiger partial charge in [-0.3, -0.25) is 4.79 Å². The molecule has 0 atom stereocenters. The second-order valence-electron chi connectivity index (χ2n) is 7.37. The molecule has 28 heavy (non-hydrogen) atoms. The molecule has 3 aromatic rings. The molecular formula is C21H24BrN5O. The van der Waals surface area contributed by atoms with E-state index in [-0.39, 0.29) is 5.91 Å². The first-order chi connectivity index (χ1) is 13.5. The minimum atomic E-state index is 0.0496. The first kappa shape index (κ1) is 18.8. The van der Waals surface area contributed by atoms with E-state index >= 15 is 0 Å². The lowest BCUT2D eigenvalue weighted by atomic mass is 10.2. The van der Waals surface area contributed by atoms with Crippen molar-refractivity contribution < 1.29 is 4.79 Å². The molecule has 0 bridgehead atoms. The molecule has 1 amide bonds. The molecule has 1 saturated heterocycles. The first-order valence-electron chi connectivity index (χ1n) is 9.55.